The lowest BCUT2D eigenvalue weighted by molar-refractivity contribution is 0.620. The lowest BCUT2D eigenvalue weighted by atomic mass is 10.0. The van der Waals surface area contributed by atoms with Crippen molar-refractivity contribution in [2.45, 2.75) is 0 Å². The first-order valence-electron chi connectivity index (χ1n) is 18.6. The van der Waals surface area contributed by atoms with Gasteiger partial charge in [-0.3, -0.25) is 0 Å². The van der Waals surface area contributed by atoms with Crippen molar-refractivity contribution >= 4 is 71.5 Å². The van der Waals surface area contributed by atoms with Crippen molar-refractivity contribution in [3.05, 3.63) is 200 Å². The smallest absolute Gasteiger partial charge is 0.227 e. The molecule has 4 nitrogen and oxygen atoms in total. The van der Waals surface area contributed by atoms with Gasteiger partial charge >= 0.3 is 0 Å². The number of fused-ring (bicyclic) bond motifs is 7. The number of benzene rings is 9. The van der Waals surface area contributed by atoms with Crippen LogP contribution in [0.4, 0.5) is 17.1 Å². The van der Waals surface area contributed by atoms with Gasteiger partial charge in [-0.05, 0) is 94.0 Å². The highest BCUT2D eigenvalue weighted by molar-refractivity contribution is 6.19. The summed E-state index contributed by atoms with van der Waals surface area (Å²) in [6.07, 6.45) is 0. The minimum atomic E-state index is 0.597. The number of hydrogen-bond donors (Lipinski definition) is 0. The minimum absolute atomic E-state index is 0.597. The van der Waals surface area contributed by atoms with Crippen molar-refractivity contribution in [2.24, 2.45) is 0 Å². The van der Waals surface area contributed by atoms with Gasteiger partial charge in [0.05, 0.1) is 16.7 Å². The lowest BCUT2D eigenvalue weighted by Gasteiger charge is -2.26. The number of rotatable bonds is 6. The van der Waals surface area contributed by atoms with Crippen LogP contribution in [0.15, 0.2) is 205 Å². The van der Waals surface area contributed by atoms with E-state index in [4.69, 9.17) is 9.40 Å². The molecule has 0 atom stereocenters. The third kappa shape index (κ3) is 5.19. The van der Waals surface area contributed by atoms with Crippen LogP contribution >= 0.6 is 0 Å². The van der Waals surface area contributed by atoms with Gasteiger partial charge in [-0.1, -0.05) is 133 Å². The van der Waals surface area contributed by atoms with Gasteiger partial charge in [0, 0.05) is 38.8 Å². The van der Waals surface area contributed by atoms with Crippen LogP contribution in [-0.2, 0) is 0 Å². The molecule has 0 fully saturated rings. The van der Waals surface area contributed by atoms with Crippen LogP contribution in [0, 0.1) is 0 Å². The van der Waals surface area contributed by atoms with Crippen molar-refractivity contribution in [1.82, 2.24) is 9.55 Å². The first-order valence-corrected chi connectivity index (χ1v) is 18.6. The summed E-state index contributed by atoms with van der Waals surface area (Å²) in [7, 11) is 0. The Kier molecular flexibility index (Phi) is 7.14. The fraction of sp³-hybridized carbons (Fsp3) is 0. The molecule has 0 spiro atoms. The van der Waals surface area contributed by atoms with Crippen LogP contribution in [0.1, 0.15) is 0 Å². The highest BCUT2D eigenvalue weighted by atomic mass is 16.3. The Hall–Kier alpha value is -7.43. The van der Waals surface area contributed by atoms with Crippen LogP contribution in [0.2, 0.25) is 0 Å². The second-order valence-corrected chi connectivity index (χ2v) is 14.0. The molecule has 0 aliphatic heterocycles. The van der Waals surface area contributed by atoms with E-state index in [9.17, 15) is 0 Å². The molecule has 55 heavy (non-hydrogen) atoms. The number of para-hydroxylation sites is 2. The maximum absolute atomic E-state index is 6.78. The van der Waals surface area contributed by atoms with E-state index >= 15 is 0 Å². The topological polar surface area (TPSA) is 34.2 Å². The Bertz CT molecular complexity index is 3210. The summed E-state index contributed by atoms with van der Waals surface area (Å²) in [6, 6.07) is 71.0. The highest BCUT2D eigenvalue weighted by Crippen LogP contribution is 2.44. The zero-order valence-electron chi connectivity index (χ0n) is 29.8. The molecule has 0 radical (unpaired) electrons. The average Bonchev–Trinajstić information content (AvgIpc) is 3.85. The summed E-state index contributed by atoms with van der Waals surface area (Å²) < 4.78 is 9.19. The number of anilines is 3. The molecule has 0 bridgehead atoms. The summed E-state index contributed by atoms with van der Waals surface area (Å²) in [5.74, 6) is 0.597. The van der Waals surface area contributed by atoms with Crippen molar-refractivity contribution < 1.29 is 4.42 Å². The highest BCUT2D eigenvalue weighted by Gasteiger charge is 2.23. The molecule has 258 valence electrons. The molecule has 4 heteroatoms. The zero-order valence-corrected chi connectivity index (χ0v) is 29.8. The van der Waals surface area contributed by atoms with E-state index in [2.05, 4.69) is 204 Å². The zero-order chi connectivity index (χ0) is 36.3. The van der Waals surface area contributed by atoms with Gasteiger partial charge < -0.3 is 13.9 Å². The molecule has 0 aliphatic carbocycles. The molecule has 0 aliphatic rings. The van der Waals surface area contributed by atoms with Crippen molar-refractivity contribution in [3.8, 4) is 28.3 Å². The monoisotopic (exact) mass is 703 g/mol. The fourth-order valence-corrected chi connectivity index (χ4v) is 8.19. The normalized spacial score (nSPS) is 11.6. The first kappa shape index (κ1) is 31.1. The Labute approximate surface area is 317 Å². The van der Waals surface area contributed by atoms with E-state index in [1.807, 2.05) is 6.07 Å². The van der Waals surface area contributed by atoms with E-state index < -0.39 is 0 Å². The van der Waals surface area contributed by atoms with Crippen LogP contribution < -0.4 is 4.90 Å². The molecule has 2 heterocycles. The number of nitrogens with zero attached hydrogens (tertiary/aromatic N) is 3. The van der Waals surface area contributed by atoms with Crippen molar-refractivity contribution in [1.29, 1.82) is 0 Å². The predicted molar refractivity (Wildman–Crippen MR) is 229 cm³/mol. The third-order valence-corrected chi connectivity index (χ3v) is 10.8. The van der Waals surface area contributed by atoms with Crippen molar-refractivity contribution in [2.75, 3.05) is 4.90 Å². The molecule has 0 N–H and O–H groups in total. The second kappa shape index (κ2) is 12.6. The summed E-state index contributed by atoms with van der Waals surface area (Å²) in [4.78, 5) is 7.36. The van der Waals surface area contributed by atoms with Gasteiger partial charge in [0.15, 0.2) is 5.58 Å². The molecule has 0 amide bonds. The molecule has 0 saturated heterocycles. The van der Waals surface area contributed by atoms with E-state index in [1.54, 1.807) is 0 Å². The summed E-state index contributed by atoms with van der Waals surface area (Å²) in [5, 5.41) is 7.15. The number of aromatic nitrogens is 2. The molecule has 11 rings (SSSR count). The Morgan fingerprint density at radius 2 is 1.15 bits per heavy atom. The van der Waals surface area contributed by atoms with Gasteiger partial charge in [0.2, 0.25) is 5.89 Å². The maximum atomic E-state index is 6.78. The van der Waals surface area contributed by atoms with Gasteiger partial charge in [0.1, 0.15) is 5.52 Å². The van der Waals surface area contributed by atoms with Gasteiger partial charge in [-0.25, -0.2) is 4.98 Å². The van der Waals surface area contributed by atoms with Crippen LogP contribution in [0.3, 0.4) is 0 Å². The molecule has 0 unspecified atom stereocenters. The van der Waals surface area contributed by atoms with E-state index in [0.29, 0.717) is 5.89 Å². The largest absolute Gasteiger partial charge is 0.434 e. The van der Waals surface area contributed by atoms with Gasteiger partial charge in [-0.15, -0.1) is 0 Å². The third-order valence-electron chi connectivity index (χ3n) is 10.8. The van der Waals surface area contributed by atoms with Crippen molar-refractivity contribution in [3.63, 3.8) is 0 Å². The second-order valence-electron chi connectivity index (χ2n) is 14.0. The maximum Gasteiger partial charge on any atom is 0.227 e. The van der Waals surface area contributed by atoms with Gasteiger partial charge in [0.25, 0.3) is 0 Å². The summed E-state index contributed by atoms with van der Waals surface area (Å²) >= 11 is 0. The lowest BCUT2D eigenvalue weighted by Crippen LogP contribution is -2.10. The Balaban J connectivity index is 1.16. The molecule has 2 aromatic heterocycles. The molecular weight excluding hydrogens is 671 g/mol. The SMILES string of the molecule is c1ccc(-c2cccc(N(c3ccc4c(c3)c3ccc5ccccc5c3n4-c3ccccc3)c3cccc4nc(-c5ccc6ccccc6c5)oc34)c2)cc1. The van der Waals surface area contributed by atoms with E-state index in [1.165, 1.54) is 32.4 Å². The first-order chi connectivity index (χ1) is 27.3. The molecule has 9 aromatic carbocycles. The summed E-state index contributed by atoms with van der Waals surface area (Å²) in [6.45, 7) is 0. The molecular formula is C51H33N3O. The molecule has 11 aromatic rings. The fourth-order valence-electron chi connectivity index (χ4n) is 8.19. The predicted octanol–water partition coefficient (Wildman–Crippen LogP) is 14.0. The standard InChI is InChI=1S/C51H33N3O/c1-3-13-34(14-4-1)38-18-11-21-41(32-38)53(48-24-12-23-46-50(48)55-51(52-46)39-26-25-35-15-7-8-17-37(35)31-39)42-28-30-47-45(33-42)44-29-27-36-16-9-10-22-43(36)49(44)54(47)40-19-5-2-6-20-40/h1-33H. The van der Waals surface area contributed by atoms with Gasteiger partial charge in [-0.2, -0.15) is 0 Å². The summed E-state index contributed by atoms with van der Waals surface area (Å²) in [5.41, 5.74) is 11.2. The Morgan fingerprint density at radius 3 is 2.02 bits per heavy atom. The van der Waals surface area contributed by atoms with Crippen LogP contribution in [-0.4, -0.2) is 9.55 Å². The minimum Gasteiger partial charge on any atom is -0.434 e. The van der Waals surface area contributed by atoms with Crippen LogP contribution in [0.5, 0.6) is 0 Å². The van der Waals surface area contributed by atoms with E-state index in [-0.39, 0.29) is 0 Å². The van der Waals surface area contributed by atoms with E-state index in [0.717, 1.165) is 61.4 Å². The quantitative estimate of drug-likeness (QED) is 0.173. The van der Waals surface area contributed by atoms with Crippen LogP contribution in [0.25, 0.3) is 82.7 Å². The Morgan fingerprint density at radius 1 is 0.436 bits per heavy atom. The average molecular weight is 704 g/mol. The number of oxazole rings is 1. The molecule has 0 saturated carbocycles. The number of hydrogen-bond acceptors (Lipinski definition) is 3.